The summed E-state index contributed by atoms with van der Waals surface area (Å²) in [6, 6.07) is -0.455. The van der Waals surface area contributed by atoms with Crippen molar-refractivity contribution in [1.82, 2.24) is 15.5 Å². The minimum atomic E-state index is -0.455. The predicted molar refractivity (Wildman–Crippen MR) is 111 cm³/mol. The smallest absolute Gasteiger partial charge is 0.326 e. The van der Waals surface area contributed by atoms with Gasteiger partial charge in [0.1, 0.15) is 6.04 Å². The van der Waals surface area contributed by atoms with Crippen LogP contribution in [0.4, 0.5) is 0 Å². The lowest BCUT2D eigenvalue weighted by Crippen LogP contribution is -2.33. The molecule has 0 saturated heterocycles. The molecule has 12 heteroatoms. The monoisotopic (exact) mass is 423 g/mol. The van der Waals surface area contributed by atoms with Gasteiger partial charge in [0.15, 0.2) is 0 Å². The molecule has 0 fully saturated rings. The minimum absolute atomic E-state index is 0.0251. The maximum atomic E-state index is 11.7. The Morgan fingerprint density at radius 3 is 2.45 bits per heavy atom. The van der Waals surface area contributed by atoms with Gasteiger partial charge in [-0.25, -0.2) is 0 Å². The summed E-state index contributed by atoms with van der Waals surface area (Å²) in [5.74, 6) is -0.352. The van der Waals surface area contributed by atoms with Gasteiger partial charge in [-0.1, -0.05) is 42.6 Å². The summed E-state index contributed by atoms with van der Waals surface area (Å²) in [6.45, 7) is 1.69. The summed E-state index contributed by atoms with van der Waals surface area (Å²) in [4.78, 5) is 23.3. The van der Waals surface area contributed by atoms with Crippen LogP contribution in [0.15, 0.2) is 0 Å². The third-order valence-corrected chi connectivity index (χ3v) is 5.53. The van der Waals surface area contributed by atoms with Gasteiger partial charge in [0.2, 0.25) is 5.91 Å². The highest BCUT2D eigenvalue weighted by atomic mass is 32.4. The molecule has 0 aromatic heterocycles. The Morgan fingerprint density at radius 1 is 1.18 bits per heavy atom. The first-order valence-corrected chi connectivity index (χ1v) is 14.8. The standard InChI is InChI=1S/C10H27N3O3P6/c14-9(5-4-8(13-17)10(15)16-21-18)11-6-2-1-3-7-12-22(19)20/h8,12-13,21H,1-7,17-20H2,(H,11,14). The average Bonchev–Trinajstić information content (AvgIpc) is 2.46. The zero-order chi connectivity index (χ0) is 16.8. The Hall–Kier alpha value is 1.44. The van der Waals surface area contributed by atoms with Crippen LogP contribution in [-0.4, -0.2) is 31.0 Å². The molecule has 0 saturated carbocycles. The van der Waals surface area contributed by atoms with E-state index in [1.807, 2.05) is 0 Å². The molecular formula is C10H27N3O3P6. The third kappa shape index (κ3) is 13.8. The summed E-state index contributed by atoms with van der Waals surface area (Å²) in [5.41, 5.74) is 0. The predicted octanol–water partition coefficient (Wildman–Crippen LogP) is 2.29. The van der Waals surface area contributed by atoms with Gasteiger partial charge in [0.05, 0.1) is 8.50 Å². The first-order valence-electron chi connectivity index (χ1n) is 6.93. The van der Waals surface area contributed by atoms with Crippen LogP contribution in [0.25, 0.3) is 0 Å². The first-order chi connectivity index (χ1) is 10.5. The Kier molecular flexibility index (Phi) is 17.0. The maximum Gasteiger partial charge on any atom is 0.326 e. The fraction of sp³-hybridized carbons (Fsp3) is 0.800. The molecule has 0 heterocycles. The number of amides is 1. The number of hydrogen-bond acceptors (Lipinski definition) is 5. The molecule has 0 aliphatic carbocycles. The highest BCUT2D eigenvalue weighted by Crippen LogP contribution is 2.47. The number of unbranched alkanes of at least 4 members (excludes halogenated alkanes) is 2. The molecule has 22 heavy (non-hydrogen) atoms. The summed E-state index contributed by atoms with van der Waals surface area (Å²) in [5, 5.41) is 9.03. The number of carbonyl (C=O) groups is 2. The molecule has 0 aliphatic rings. The van der Waals surface area contributed by atoms with Gasteiger partial charge in [-0.05, 0) is 33.3 Å². The summed E-state index contributed by atoms with van der Waals surface area (Å²) in [7, 11) is 9.97. The molecule has 0 aromatic rings. The fourth-order valence-electron chi connectivity index (χ4n) is 1.62. The molecule has 0 bridgehead atoms. The number of carbonyl (C=O) groups excluding carboxylic acids is 2. The second-order valence-electron chi connectivity index (χ2n) is 4.52. The van der Waals surface area contributed by atoms with Crippen molar-refractivity contribution in [3.8, 4) is 0 Å². The van der Waals surface area contributed by atoms with Crippen LogP contribution in [0.5, 0.6) is 0 Å². The molecule has 1 amide bonds. The van der Waals surface area contributed by atoms with Gasteiger partial charge in [0.25, 0.3) is 0 Å². The molecule has 0 rings (SSSR count). The average molecular weight is 423 g/mol. The van der Waals surface area contributed by atoms with Crippen molar-refractivity contribution in [3.05, 3.63) is 0 Å². The van der Waals surface area contributed by atoms with E-state index >= 15 is 0 Å². The van der Waals surface area contributed by atoms with E-state index in [2.05, 4.69) is 51.7 Å². The van der Waals surface area contributed by atoms with E-state index < -0.39 is 6.04 Å². The molecule has 6 nitrogen and oxygen atoms in total. The second kappa shape index (κ2) is 15.9. The summed E-state index contributed by atoms with van der Waals surface area (Å²) >= 11 is 0. The van der Waals surface area contributed by atoms with Gasteiger partial charge in [-0.2, -0.15) is 0 Å². The molecule has 0 aliphatic heterocycles. The van der Waals surface area contributed by atoms with Crippen molar-refractivity contribution >= 4 is 64.0 Å². The quantitative estimate of drug-likeness (QED) is 0.313. The van der Waals surface area contributed by atoms with Crippen molar-refractivity contribution in [2.75, 3.05) is 13.1 Å². The number of nitrogens with one attached hydrogen (secondary N) is 3. The minimum Gasteiger partial charge on any atom is -0.443 e. The maximum absolute atomic E-state index is 11.7. The van der Waals surface area contributed by atoms with Gasteiger partial charge in [-0.15, -0.1) is 0 Å². The van der Waals surface area contributed by atoms with Crippen LogP contribution in [0.3, 0.4) is 0 Å². The highest BCUT2D eigenvalue weighted by molar-refractivity contribution is 8.42. The Bertz CT molecular complexity index is 324. The zero-order valence-corrected chi connectivity index (χ0v) is 19.0. The molecular weight excluding hydrogens is 396 g/mol. The fourth-order valence-corrected chi connectivity index (χ4v) is 3.73. The van der Waals surface area contributed by atoms with Crippen LogP contribution in [0.2, 0.25) is 0 Å². The largest absolute Gasteiger partial charge is 0.443 e. The van der Waals surface area contributed by atoms with Gasteiger partial charge in [-0.3, -0.25) is 19.8 Å². The normalized spacial score (nSPS) is 12.8. The molecule has 0 aromatic carbocycles. The second-order valence-corrected chi connectivity index (χ2v) is 12.3. The van der Waals surface area contributed by atoms with E-state index in [-0.39, 0.29) is 27.8 Å². The Morgan fingerprint density at radius 2 is 1.86 bits per heavy atom. The van der Waals surface area contributed by atoms with Crippen molar-refractivity contribution in [2.24, 2.45) is 0 Å². The van der Waals surface area contributed by atoms with E-state index in [0.717, 1.165) is 25.8 Å². The highest BCUT2D eigenvalue weighted by Gasteiger charge is 2.18. The van der Waals surface area contributed by atoms with E-state index in [0.29, 0.717) is 19.4 Å². The summed E-state index contributed by atoms with van der Waals surface area (Å²) < 4.78 is 4.92. The van der Waals surface area contributed by atoms with Crippen LogP contribution in [0.1, 0.15) is 32.1 Å². The molecule has 6 unspecified atom stereocenters. The molecule has 0 radical (unpaired) electrons. The lowest BCUT2D eigenvalue weighted by atomic mass is 10.1. The van der Waals surface area contributed by atoms with Crippen molar-refractivity contribution in [1.29, 1.82) is 0 Å². The third-order valence-electron chi connectivity index (χ3n) is 2.78. The SMILES string of the molecule is O=C(CCC(NP)C(=O)OPP)NCCCCCNP(P)P. The first kappa shape index (κ1) is 23.4. The number of hydrogen-bond donors (Lipinski definition) is 3. The van der Waals surface area contributed by atoms with Gasteiger partial charge >= 0.3 is 5.97 Å². The van der Waals surface area contributed by atoms with Gasteiger partial charge in [0, 0.05) is 13.0 Å². The van der Waals surface area contributed by atoms with Crippen molar-refractivity contribution in [2.45, 2.75) is 38.1 Å². The van der Waals surface area contributed by atoms with E-state index in [1.54, 1.807) is 0 Å². The molecule has 130 valence electrons. The lowest BCUT2D eigenvalue weighted by molar-refractivity contribution is -0.135. The van der Waals surface area contributed by atoms with E-state index in [4.69, 9.17) is 4.52 Å². The van der Waals surface area contributed by atoms with Crippen molar-refractivity contribution < 1.29 is 14.1 Å². The summed E-state index contributed by atoms with van der Waals surface area (Å²) in [6.07, 6.45) is 3.91. The van der Waals surface area contributed by atoms with Crippen LogP contribution < -0.4 is 15.5 Å². The van der Waals surface area contributed by atoms with E-state index in [9.17, 15) is 9.59 Å². The topological polar surface area (TPSA) is 79.5 Å². The Balaban J connectivity index is 3.62. The molecule has 6 atom stereocenters. The molecule has 0 spiro atoms. The van der Waals surface area contributed by atoms with Crippen LogP contribution in [0, 0.1) is 0 Å². The van der Waals surface area contributed by atoms with Crippen LogP contribution >= 0.6 is 52.1 Å². The Labute approximate surface area is 145 Å². The van der Waals surface area contributed by atoms with E-state index in [1.165, 1.54) is 0 Å². The van der Waals surface area contributed by atoms with Crippen molar-refractivity contribution in [3.63, 3.8) is 0 Å². The lowest BCUT2D eigenvalue weighted by Gasteiger charge is -2.13. The zero-order valence-electron chi connectivity index (χ0n) is 12.5. The van der Waals surface area contributed by atoms with Crippen LogP contribution in [-0.2, 0) is 14.1 Å². The van der Waals surface area contributed by atoms with Gasteiger partial charge < -0.3 is 9.84 Å². The number of rotatable bonds is 13. The molecule has 3 N–H and O–H groups in total.